The fourth-order valence-corrected chi connectivity index (χ4v) is 3.78. The van der Waals surface area contributed by atoms with E-state index in [-0.39, 0.29) is 41.5 Å². The van der Waals surface area contributed by atoms with Crippen molar-refractivity contribution in [3.63, 3.8) is 0 Å². The largest absolute Gasteiger partial charge is 1.00 e. The van der Waals surface area contributed by atoms with Crippen molar-refractivity contribution in [2.75, 3.05) is 5.73 Å². The van der Waals surface area contributed by atoms with Crippen molar-refractivity contribution in [1.82, 2.24) is 9.97 Å². The van der Waals surface area contributed by atoms with Crippen LogP contribution in [-0.4, -0.2) is 26.4 Å². The van der Waals surface area contributed by atoms with E-state index in [1.165, 1.54) is 0 Å². The van der Waals surface area contributed by atoms with Crippen LogP contribution in [0.3, 0.4) is 0 Å². The predicted molar refractivity (Wildman–Crippen MR) is 95.6 cm³/mol. The van der Waals surface area contributed by atoms with E-state index in [2.05, 4.69) is 15.3 Å². The van der Waals surface area contributed by atoms with Gasteiger partial charge in [-0.2, -0.15) is 4.98 Å². The molecular weight excluding hydrogens is 363 g/mol. The van der Waals surface area contributed by atoms with Crippen molar-refractivity contribution < 1.29 is 43.6 Å². The minimum absolute atomic E-state index is 0. The molecule has 1 aliphatic rings. The van der Waals surface area contributed by atoms with Gasteiger partial charge in [0.25, 0.3) is 6.01 Å². The first-order chi connectivity index (χ1) is 12.0. The van der Waals surface area contributed by atoms with E-state index in [0.29, 0.717) is 18.6 Å². The summed E-state index contributed by atoms with van der Waals surface area (Å²) in [5.74, 6) is 0.367. The number of aromatic amines is 1. The van der Waals surface area contributed by atoms with Gasteiger partial charge in [-0.25, -0.2) is 0 Å². The molecule has 9 heteroatoms. The Morgan fingerprint density at radius 2 is 2.15 bits per heavy atom. The number of nitrogens with one attached hydrogen (secondary N) is 1. The zero-order valence-corrected chi connectivity index (χ0v) is 17.2. The number of H-pyrrole nitrogens is 1. The standard InChI is InChI=1S/C17H16N4O3S.Na/c1-8-13(20-16(18)24-8)7-11-6-10-4-9(2-3-12(10)19-11)5-14-15(22)21-17(23)25-14;/h2-4,6,14,19H,5,7H2,1H3,(H3,18,20,21,22,23);/q;+1/p-1. The molecule has 2 aromatic heterocycles. The Labute approximate surface area is 175 Å². The van der Waals surface area contributed by atoms with E-state index in [4.69, 9.17) is 10.2 Å². The van der Waals surface area contributed by atoms with Crippen LogP contribution in [0.5, 0.6) is 0 Å². The van der Waals surface area contributed by atoms with Crippen LogP contribution < -0.4 is 35.3 Å². The average molecular weight is 378 g/mol. The first-order valence-corrected chi connectivity index (χ1v) is 8.64. The monoisotopic (exact) mass is 378 g/mol. The van der Waals surface area contributed by atoms with Crippen molar-refractivity contribution in [2.24, 2.45) is 0 Å². The maximum Gasteiger partial charge on any atom is 1.00 e. The maximum atomic E-state index is 11.7. The van der Waals surface area contributed by atoms with E-state index >= 15 is 0 Å². The van der Waals surface area contributed by atoms with Gasteiger partial charge in [-0.05, 0) is 42.5 Å². The molecule has 4 rings (SSSR count). The predicted octanol–water partition coefficient (Wildman–Crippen LogP) is 0.320. The number of hydrogen-bond donors (Lipinski definition) is 2. The number of rotatable bonds is 4. The smallest absolute Gasteiger partial charge is 0.585 e. The van der Waals surface area contributed by atoms with Crippen LogP contribution in [0.25, 0.3) is 16.2 Å². The summed E-state index contributed by atoms with van der Waals surface area (Å²) in [6.45, 7) is 1.84. The molecule has 0 bridgehead atoms. The molecule has 1 unspecified atom stereocenters. The molecule has 1 fully saturated rings. The second kappa shape index (κ2) is 7.48. The van der Waals surface area contributed by atoms with E-state index in [1.54, 1.807) is 0 Å². The SMILES string of the molecule is Cc1oc(N)nc1Cc1cc2cc(CC3SC(=O)[N-]C3=O)ccc2[nH]1.[Na+]. The Balaban J connectivity index is 0.00000196. The number of nitrogen functional groups attached to an aromatic ring is 1. The minimum atomic E-state index is -0.413. The first kappa shape index (κ1) is 19.0. The van der Waals surface area contributed by atoms with Crippen molar-refractivity contribution in [3.05, 3.63) is 52.3 Å². The number of imide groups is 1. The van der Waals surface area contributed by atoms with Gasteiger partial charge in [-0.3, -0.25) is 0 Å². The first-order valence-electron chi connectivity index (χ1n) is 7.76. The molecule has 1 atom stereocenters. The molecule has 3 N–H and O–H groups in total. The number of carbonyl (C=O) groups is 2. The molecule has 0 aliphatic carbocycles. The van der Waals surface area contributed by atoms with Crippen molar-refractivity contribution in [2.45, 2.75) is 25.0 Å². The normalized spacial score (nSPS) is 16.7. The van der Waals surface area contributed by atoms with Gasteiger partial charge in [-0.1, -0.05) is 17.8 Å². The molecule has 2 amide bonds. The molecule has 1 saturated heterocycles. The quantitative estimate of drug-likeness (QED) is 0.632. The molecule has 128 valence electrons. The molecule has 1 aliphatic heterocycles. The summed E-state index contributed by atoms with van der Waals surface area (Å²) in [5.41, 5.74) is 9.38. The Morgan fingerprint density at radius 1 is 1.35 bits per heavy atom. The molecule has 7 nitrogen and oxygen atoms in total. The number of amides is 2. The van der Waals surface area contributed by atoms with Crippen LogP contribution in [0.4, 0.5) is 10.8 Å². The van der Waals surface area contributed by atoms with Crippen LogP contribution in [0.15, 0.2) is 28.7 Å². The van der Waals surface area contributed by atoms with Gasteiger partial charge in [-0.15, -0.1) is 0 Å². The third-order valence-corrected chi connectivity index (χ3v) is 5.09. The number of carbonyl (C=O) groups excluding carboxylic acids is 2. The van der Waals surface area contributed by atoms with Crippen LogP contribution in [0.1, 0.15) is 22.7 Å². The van der Waals surface area contributed by atoms with Gasteiger partial charge >= 0.3 is 29.6 Å². The van der Waals surface area contributed by atoms with Gasteiger partial charge < -0.3 is 30.0 Å². The Morgan fingerprint density at radius 3 is 2.81 bits per heavy atom. The number of thioether (sulfide) groups is 1. The fourth-order valence-electron chi connectivity index (χ4n) is 2.96. The van der Waals surface area contributed by atoms with Gasteiger partial charge in [0.1, 0.15) is 11.0 Å². The average Bonchev–Trinajstić information content (AvgIpc) is 3.17. The van der Waals surface area contributed by atoms with Crippen LogP contribution in [-0.2, 0) is 17.6 Å². The maximum absolute atomic E-state index is 11.7. The summed E-state index contributed by atoms with van der Waals surface area (Å²) in [5, 5.41) is 3.67. The van der Waals surface area contributed by atoms with Crippen molar-refractivity contribution >= 4 is 39.8 Å². The van der Waals surface area contributed by atoms with E-state index in [0.717, 1.165) is 39.6 Å². The summed E-state index contributed by atoms with van der Waals surface area (Å²) >= 11 is 0.991. The zero-order valence-electron chi connectivity index (χ0n) is 14.4. The van der Waals surface area contributed by atoms with E-state index in [9.17, 15) is 9.59 Å². The Kier molecular flexibility index (Phi) is 5.47. The van der Waals surface area contributed by atoms with Crippen molar-refractivity contribution in [1.29, 1.82) is 0 Å². The van der Waals surface area contributed by atoms with Gasteiger partial charge in [0.05, 0.1) is 16.9 Å². The summed E-state index contributed by atoms with van der Waals surface area (Å²) in [6, 6.07) is 8.17. The third-order valence-electron chi connectivity index (χ3n) is 4.15. The Hall–Kier alpha value is -1.74. The number of anilines is 1. The molecular formula is C17H15N4NaO3S. The number of hydrogen-bond acceptors (Lipinski definition) is 6. The van der Waals surface area contributed by atoms with Crippen molar-refractivity contribution in [3.8, 4) is 0 Å². The second-order valence-corrected chi connectivity index (χ2v) is 7.13. The molecule has 0 spiro atoms. The molecule has 26 heavy (non-hydrogen) atoms. The van der Waals surface area contributed by atoms with Crippen LogP contribution in [0, 0.1) is 6.92 Å². The third kappa shape index (κ3) is 3.83. The summed E-state index contributed by atoms with van der Waals surface area (Å²) in [7, 11) is 0. The van der Waals surface area contributed by atoms with Gasteiger partial charge in [0.15, 0.2) is 0 Å². The van der Waals surface area contributed by atoms with Crippen LogP contribution >= 0.6 is 11.8 Å². The number of nitrogens with zero attached hydrogens (tertiary/aromatic N) is 2. The number of aryl methyl sites for hydroxylation is 1. The van der Waals surface area contributed by atoms with E-state index < -0.39 is 10.5 Å². The second-order valence-electron chi connectivity index (χ2n) is 5.97. The minimum Gasteiger partial charge on any atom is -0.585 e. The molecule has 3 aromatic rings. The number of fused-ring (bicyclic) bond motifs is 1. The van der Waals surface area contributed by atoms with Gasteiger partial charge in [0.2, 0.25) is 0 Å². The van der Waals surface area contributed by atoms with Gasteiger partial charge in [0, 0.05) is 17.6 Å². The number of benzene rings is 1. The van der Waals surface area contributed by atoms with E-state index in [1.807, 2.05) is 31.2 Å². The zero-order chi connectivity index (χ0) is 17.6. The van der Waals surface area contributed by atoms with Crippen LogP contribution in [0.2, 0.25) is 0 Å². The summed E-state index contributed by atoms with van der Waals surface area (Å²) in [6.07, 6.45) is 1.09. The molecule has 1 aromatic carbocycles. The molecule has 3 heterocycles. The summed E-state index contributed by atoms with van der Waals surface area (Å²) in [4.78, 5) is 30.4. The topological polar surface area (TPSA) is 116 Å². The molecule has 0 saturated carbocycles. The number of oxazole rings is 1. The fraction of sp³-hybridized carbons (Fsp3) is 0.235. The number of aromatic nitrogens is 2. The number of nitrogens with two attached hydrogens (primary N) is 1. The molecule has 0 radical (unpaired) electrons. The Bertz CT molecular complexity index is 997. The summed E-state index contributed by atoms with van der Waals surface area (Å²) < 4.78 is 5.26.